The molecule has 0 atom stereocenters. The van der Waals surface area contributed by atoms with Crippen LogP contribution in [0.3, 0.4) is 0 Å². The molecule has 0 fully saturated rings. The average Bonchev–Trinajstić information content (AvgIpc) is 2.68. The molecule has 0 aliphatic carbocycles. The van der Waals surface area contributed by atoms with Crippen molar-refractivity contribution in [2.24, 2.45) is 0 Å². The highest BCUT2D eigenvalue weighted by Crippen LogP contribution is 2.14. The molecule has 0 saturated heterocycles. The lowest BCUT2D eigenvalue weighted by molar-refractivity contribution is 0.123. The fourth-order valence-electron chi connectivity index (χ4n) is 2.12. The summed E-state index contributed by atoms with van der Waals surface area (Å²) in [6.45, 7) is 8.12. The molecule has 1 aromatic carbocycles. The van der Waals surface area contributed by atoms with Gasteiger partial charge in [0.05, 0.1) is 0 Å². The Hall–Kier alpha value is -0.763. The van der Waals surface area contributed by atoms with Crippen molar-refractivity contribution in [1.29, 1.82) is 0 Å². The van der Waals surface area contributed by atoms with Gasteiger partial charge in [-0.05, 0) is 18.5 Å². The van der Waals surface area contributed by atoms with Gasteiger partial charge in [0.15, 0.2) is 0 Å². The number of hydrogen-bond donors (Lipinski definition) is 2. The number of rotatable bonds is 13. The van der Waals surface area contributed by atoms with Crippen LogP contribution in [0, 0.1) is 0 Å². The molecule has 0 aliphatic heterocycles. The molecule has 0 heterocycles. The molecule has 0 radical (unpaired) electrons. The van der Waals surface area contributed by atoms with E-state index in [0.29, 0.717) is 0 Å². The van der Waals surface area contributed by atoms with Crippen molar-refractivity contribution >= 4 is 8.80 Å². The Labute approximate surface area is 155 Å². The second-order valence-electron chi connectivity index (χ2n) is 5.81. The van der Waals surface area contributed by atoms with Gasteiger partial charge in [-0.3, -0.25) is 0 Å². The molecule has 146 valence electrons. The minimum absolute atomic E-state index is 0.834. The topological polar surface area (TPSA) is 51.8 Å². The molecule has 25 heavy (non-hydrogen) atoms. The third-order valence-corrected chi connectivity index (χ3v) is 6.75. The summed E-state index contributed by atoms with van der Waals surface area (Å²) >= 11 is 0. The summed E-state index contributed by atoms with van der Waals surface area (Å²) in [7, 11) is 2.57. The first-order chi connectivity index (χ1) is 12.2. The monoisotopic (exact) mass is 370 g/mol. The third kappa shape index (κ3) is 12.3. The molecule has 1 aromatic rings. The van der Waals surface area contributed by atoms with E-state index < -0.39 is 8.80 Å². The van der Waals surface area contributed by atoms with Crippen LogP contribution in [0.2, 0.25) is 6.04 Å². The zero-order valence-electron chi connectivity index (χ0n) is 16.8. The van der Waals surface area contributed by atoms with Gasteiger partial charge in [-0.2, -0.15) is 0 Å². The van der Waals surface area contributed by atoms with Crippen LogP contribution in [0.15, 0.2) is 30.3 Å². The molecular weight excluding hydrogens is 332 g/mol. The van der Waals surface area contributed by atoms with Crippen LogP contribution in [-0.4, -0.2) is 49.8 Å². The van der Waals surface area contributed by atoms with Crippen LogP contribution in [0.5, 0.6) is 0 Å². The molecule has 0 spiro atoms. The Morgan fingerprint density at radius 2 is 1.36 bits per heavy atom. The maximum absolute atomic E-state index is 5.38. The van der Waals surface area contributed by atoms with E-state index in [-0.39, 0.29) is 0 Å². The van der Waals surface area contributed by atoms with Crippen molar-refractivity contribution < 1.29 is 13.3 Å². The molecule has 0 aromatic heterocycles. The first-order valence-corrected chi connectivity index (χ1v) is 11.2. The van der Waals surface area contributed by atoms with Crippen LogP contribution in [0.1, 0.15) is 38.7 Å². The molecule has 6 heteroatoms. The number of benzene rings is 1. The van der Waals surface area contributed by atoms with Crippen molar-refractivity contribution in [3.05, 3.63) is 35.9 Å². The largest absolute Gasteiger partial charge is 0.500 e. The zero-order chi connectivity index (χ0) is 18.8. The standard InChI is InChI=1S/C15H28N2O3Si.C4H10/c1-18-21(19-2,20-3)13-7-10-16-11-12-17-14-15-8-5-4-6-9-15;1-3-4-2/h4-6,8-9,16-17H,7,10-14H2,1-3H3;3-4H2,1-2H3. The van der Waals surface area contributed by atoms with E-state index in [0.717, 1.165) is 38.6 Å². The summed E-state index contributed by atoms with van der Waals surface area (Å²) in [6.07, 6.45) is 3.63. The lowest BCUT2D eigenvalue weighted by Gasteiger charge is -2.24. The van der Waals surface area contributed by atoms with E-state index in [4.69, 9.17) is 13.3 Å². The second kappa shape index (κ2) is 16.7. The van der Waals surface area contributed by atoms with Gasteiger partial charge in [-0.25, -0.2) is 0 Å². The molecule has 0 aliphatic rings. The van der Waals surface area contributed by atoms with Gasteiger partial charge in [0.25, 0.3) is 0 Å². The van der Waals surface area contributed by atoms with Crippen LogP contribution in [-0.2, 0) is 19.8 Å². The van der Waals surface area contributed by atoms with E-state index in [9.17, 15) is 0 Å². The van der Waals surface area contributed by atoms with Gasteiger partial charge in [-0.15, -0.1) is 0 Å². The van der Waals surface area contributed by atoms with Gasteiger partial charge in [0, 0.05) is 47.0 Å². The highest BCUT2D eigenvalue weighted by Gasteiger charge is 2.36. The van der Waals surface area contributed by atoms with Crippen LogP contribution >= 0.6 is 0 Å². The quantitative estimate of drug-likeness (QED) is 0.411. The highest BCUT2D eigenvalue weighted by molar-refractivity contribution is 6.60. The highest BCUT2D eigenvalue weighted by atomic mass is 28.4. The second-order valence-corrected chi connectivity index (χ2v) is 8.90. The van der Waals surface area contributed by atoms with Crippen LogP contribution < -0.4 is 10.6 Å². The molecule has 2 N–H and O–H groups in total. The first kappa shape index (κ1) is 24.2. The normalized spacial score (nSPS) is 11.1. The molecule has 0 saturated carbocycles. The lowest BCUT2D eigenvalue weighted by atomic mass is 10.2. The predicted octanol–water partition coefficient (Wildman–Crippen LogP) is 3.44. The van der Waals surface area contributed by atoms with E-state index in [1.807, 2.05) is 6.07 Å². The Morgan fingerprint density at radius 1 is 0.800 bits per heavy atom. The molecular formula is C19H38N2O3Si. The number of nitrogens with one attached hydrogen (secondary N) is 2. The van der Waals surface area contributed by atoms with E-state index in [1.54, 1.807) is 21.3 Å². The van der Waals surface area contributed by atoms with Crippen LogP contribution in [0.25, 0.3) is 0 Å². The molecule has 0 bridgehead atoms. The average molecular weight is 371 g/mol. The Bertz CT molecular complexity index is 379. The van der Waals surface area contributed by atoms with Crippen molar-refractivity contribution in [3.63, 3.8) is 0 Å². The summed E-state index contributed by atoms with van der Waals surface area (Å²) in [5, 5.41) is 6.82. The Kier molecular flexibility index (Phi) is 16.2. The van der Waals surface area contributed by atoms with Gasteiger partial charge in [-0.1, -0.05) is 57.0 Å². The molecule has 5 nitrogen and oxygen atoms in total. The third-order valence-electron chi connectivity index (χ3n) is 3.92. The van der Waals surface area contributed by atoms with E-state index in [2.05, 4.69) is 48.7 Å². The SMILES string of the molecule is CCCC.CO[Si](CCCNCCNCc1ccccc1)(OC)OC. The fourth-order valence-corrected chi connectivity index (χ4v) is 3.84. The number of unbranched alkanes of at least 4 members (excludes halogenated alkanes) is 1. The van der Waals surface area contributed by atoms with Crippen molar-refractivity contribution in [1.82, 2.24) is 10.6 Å². The van der Waals surface area contributed by atoms with Crippen molar-refractivity contribution in [2.75, 3.05) is 41.0 Å². The maximum Gasteiger partial charge on any atom is 0.500 e. The van der Waals surface area contributed by atoms with Crippen molar-refractivity contribution in [2.45, 2.75) is 45.7 Å². The zero-order valence-corrected chi connectivity index (χ0v) is 17.8. The minimum Gasteiger partial charge on any atom is -0.377 e. The smallest absolute Gasteiger partial charge is 0.377 e. The molecule has 0 unspecified atom stereocenters. The summed E-state index contributed by atoms with van der Waals surface area (Å²) in [5.74, 6) is 0. The van der Waals surface area contributed by atoms with Gasteiger partial charge < -0.3 is 23.9 Å². The van der Waals surface area contributed by atoms with E-state index >= 15 is 0 Å². The first-order valence-electron chi connectivity index (χ1n) is 9.28. The summed E-state index contributed by atoms with van der Waals surface area (Å²) in [4.78, 5) is 0. The summed E-state index contributed by atoms with van der Waals surface area (Å²) in [6, 6.07) is 11.3. The lowest BCUT2D eigenvalue weighted by Crippen LogP contribution is -2.43. The van der Waals surface area contributed by atoms with Gasteiger partial charge in [0.1, 0.15) is 0 Å². The summed E-state index contributed by atoms with van der Waals surface area (Å²) < 4.78 is 16.2. The Morgan fingerprint density at radius 3 is 1.88 bits per heavy atom. The van der Waals surface area contributed by atoms with Gasteiger partial charge in [0.2, 0.25) is 0 Å². The Balaban J connectivity index is 0.00000129. The number of hydrogen-bond acceptors (Lipinski definition) is 5. The van der Waals surface area contributed by atoms with Gasteiger partial charge >= 0.3 is 8.80 Å². The van der Waals surface area contributed by atoms with Crippen molar-refractivity contribution in [3.8, 4) is 0 Å². The fraction of sp³-hybridized carbons (Fsp3) is 0.684. The minimum atomic E-state index is -2.39. The molecule has 0 amide bonds. The van der Waals surface area contributed by atoms with Crippen LogP contribution in [0.4, 0.5) is 0 Å². The predicted molar refractivity (Wildman–Crippen MR) is 108 cm³/mol. The van der Waals surface area contributed by atoms with E-state index in [1.165, 1.54) is 18.4 Å². The maximum atomic E-state index is 5.38. The summed E-state index contributed by atoms with van der Waals surface area (Å²) in [5.41, 5.74) is 1.31. The molecule has 1 rings (SSSR count).